The van der Waals surface area contributed by atoms with Gasteiger partial charge in [-0.25, -0.2) is 4.39 Å². The molecule has 1 aliphatic rings. The maximum atomic E-state index is 13.8. The molecule has 0 bridgehead atoms. The van der Waals surface area contributed by atoms with Crippen molar-refractivity contribution in [3.05, 3.63) is 23.3 Å². The summed E-state index contributed by atoms with van der Waals surface area (Å²) in [5, 5.41) is 0. The molecule has 1 saturated carbocycles. The quantitative estimate of drug-likeness (QED) is 0.896. The van der Waals surface area contributed by atoms with Crippen molar-refractivity contribution in [2.75, 3.05) is 14.2 Å². The molecular weight excluding hydrogens is 233 g/mol. The first kappa shape index (κ1) is 13.1. The van der Waals surface area contributed by atoms with Crippen molar-refractivity contribution < 1.29 is 13.9 Å². The lowest BCUT2D eigenvalue weighted by Gasteiger charge is -2.40. The molecule has 4 heteroatoms. The van der Waals surface area contributed by atoms with E-state index in [0.29, 0.717) is 17.1 Å². The van der Waals surface area contributed by atoms with E-state index in [1.54, 1.807) is 20.3 Å². The van der Waals surface area contributed by atoms with Crippen LogP contribution in [0.2, 0.25) is 0 Å². The summed E-state index contributed by atoms with van der Waals surface area (Å²) in [4.78, 5) is 0. The third-order valence-corrected chi connectivity index (χ3v) is 3.77. The minimum atomic E-state index is -1.07. The summed E-state index contributed by atoms with van der Waals surface area (Å²) < 4.78 is 24.3. The first-order valence-corrected chi connectivity index (χ1v) is 6.21. The standard InChI is InChI=1S/C14H20FNO2/c1-9(15)10-7-12(17-2)13(18-3)8-11(10)14(16)5-4-6-14/h7-9H,4-6,16H2,1-3H3. The Labute approximate surface area is 107 Å². The van der Waals surface area contributed by atoms with Gasteiger partial charge in [-0.1, -0.05) is 0 Å². The van der Waals surface area contributed by atoms with E-state index in [-0.39, 0.29) is 0 Å². The molecule has 1 unspecified atom stereocenters. The Bertz CT molecular complexity index is 442. The second-order valence-electron chi connectivity index (χ2n) is 4.92. The summed E-state index contributed by atoms with van der Waals surface area (Å²) in [5.74, 6) is 1.15. The Morgan fingerprint density at radius 2 is 1.78 bits per heavy atom. The van der Waals surface area contributed by atoms with Gasteiger partial charge in [-0.05, 0) is 49.4 Å². The number of hydrogen-bond acceptors (Lipinski definition) is 3. The van der Waals surface area contributed by atoms with Crippen LogP contribution in [0, 0.1) is 0 Å². The predicted molar refractivity (Wildman–Crippen MR) is 68.8 cm³/mol. The highest BCUT2D eigenvalue weighted by Crippen LogP contribution is 2.45. The number of halogens is 1. The number of rotatable bonds is 4. The fourth-order valence-electron chi connectivity index (χ4n) is 2.48. The van der Waals surface area contributed by atoms with Gasteiger partial charge in [0, 0.05) is 5.54 Å². The molecule has 0 aromatic heterocycles. The molecule has 18 heavy (non-hydrogen) atoms. The van der Waals surface area contributed by atoms with Gasteiger partial charge in [0.2, 0.25) is 0 Å². The second-order valence-corrected chi connectivity index (χ2v) is 4.92. The molecule has 0 saturated heterocycles. The van der Waals surface area contributed by atoms with Crippen LogP contribution in [0.3, 0.4) is 0 Å². The van der Waals surface area contributed by atoms with Crippen LogP contribution in [-0.4, -0.2) is 14.2 Å². The minimum Gasteiger partial charge on any atom is -0.493 e. The molecule has 1 aromatic carbocycles. The highest BCUT2D eigenvalue weighted by molar-refractivity contribution is 5.51. The summed E-state index contributed by atoms with van der Waals surface area (Å²) in [6.07, 6.45) is 1.80. The van der Waals surface area contributed by atoms with E-state index in [4.69, 9.17) is 15.2 Å². The van der Waals surface area contributed by atoms with E-state index in [1.807, 2.05) is 6.07 Å². The van der Waals surface area contributed by atoms with Crippen molar-refractivity contribution in [2.24, 2.45) is 5.73 Å². The Morgan fingerprint density at radius 3 is 2.17 bits per heavy atom. The zero-order valence-corrected chi connectivity index (χ0v) is 11.1. The molecule has 1 fully saturated rings. The van der Waals surface area contributed by atoms with Crippen LogP contribution in [-0.2, 0) is 5.54 Å². The van der Waals surface area contributed by atoms with Crippen LogP contribution in [0.1, 0.15) is 43.5 Å². The van der Waals surface area contributed by atoms with E-state index in [2.05, 4.69) is 0 Å². The first-order chi connectivity index (χ1) is 8.51. The van der Waals surface area contributed by atoms with Crippen molar-refractivity contribution in [2.45, 2.75) is 37.9 Å². The van der Waals surface area contributed by atoms with Crippen LogP contribution in [0.25, 0.3) is 0 Å². The molecule has 3 nitrogen and oxygen atoms in total. The van der Waals surface area contributed by atoms with Crippen LogP contribution in [0.5, 0.6) is 11.5 Å². The highest BCUT2D eigenvalue weighted by atomic mass is 19.1. The molecular formula is C14H20FNO2. The van der Waals surface area contributed by atoms with Crippen molar-refractivity contribution in [1.82, 2.24) is 0 Å². The summed E-state index contributed by atoms with van der Waals surface area (Å²) in [6.45, 7) is 1.52. The number of alkyl halides is 1. The van der Waals surface area contributed by atoms with Crippen LogP contribution < -0.4 is 15.2 Å². The summed E-state index contributed by atoms with van der Waals surface area (Å²) in [7, 11) is 3.12. The zero-order chi connectivity index (χ0) is 13.3. The monoisotopic (exact) mass is 253 g/mol. The van der Waals surface area contributed by atoms with E-state index in [0.717, 1.165) is 24.8 Å². The highest BCUT2D eigenvalue weighted by Gasteiger charge is 2.37. The summed E-state index contributed by atoms with van der Waals surface area (Å²) in [6, 6.07) is 3.52. The number of methoxy groups -OCH3 is 2. The van der Waals surface area contributed by atoms with E-state index in [1.165, 1.54) is 6.92 Å². The summed E-state index contributed by atoms with van der Waals surface area (Å²) >= 11 is 0. The van der Waals surface area contributed by atoms with Crippen molar-refractivity contribution >= 4 is 0 Å². The van der Waals surface area contributed by atoms with Crippen LogP contribution in [0.15, 0.2) is 12.1 Å². The summed E-state index contributed by atoms with van der Waals surface area (Å²) in [5.41, 5.74) is 7.36. The van der Waals surface area contributed by atoms with E-state index in [9.17, 15) is 4.39 Å². The first-order valence-electron chi connectivity index (χ1n) is 6.21. The third kappa shape index (κ3) is 2.05. The molecule has 0 spiro atoms. The Morgan fingerprint density at radius 1 is 1.22 bits per heavy atom. The smallest absolute Gasteiger partial charge is 0.161 e. The second kappa shape index (κ2) is 4.76. The SMILES string of the molecule is COc1cc(C(C)F)c(C2(N)CCC2)cc1OC. The Hall–Kier alpha value is -1.29. The molecule has 0 heterocycles. The number of hydrogen-bond donors (Lipinski definition) is 1. The van der Waals surface area contributed by atoms with E-state index >= 15 is 0 Å². The molecule has 100 valence electrons. The number of benzene rings is 1. The Balaban J connectivity index is 2.55. The lowest BCUT2D eigenvalue weighted by Crippen LogP contribution is -2.44. The molecule has 1 aromatic rings. The van der Waals surface area contributed by atoms with Crippen molar-refractivity contribution in [3.63, 3.8) is 0 Å². The molecule has 0 radical (unpaired) electrons. The van der Waals surface area contributed by atoms with E-state index < -0.39 is 11.7 Å². The minimum absolute atomic E-state index is 0.408. The normalized spacial score (nSPS) is 18.9. The molecule has 2 N–H and O–H groups in total. The molecule has 0 amide bonds. The van der Waals surface area contributed by atoms with Gasteiger partial charge in [0.05, 0.1) is 14.2 Å². The van der Waals surface area contributed by atoms with Gasteiger partial charge in [0.1, 0.15) is 6.17 Å². The van der Waals surface area contributed by atoms with Gasteiger partial charge in [-0.15, -0.1) is 0 Å². The van der Waals surface area contributed by atoms with Gasteiger partial charge in [0.25, 0.3) is 0 Å². The van der Waals surface area contributed by atoms with Crippen molar-refractivity contribution in [1.29, 1.82) is 0 Å². The predicted octanol–water partition coefficient (Wildman–Crippen LogP) is 3.07. The maximum Gasteiger partial charge on any atom is 0.161 e. The largest absolute Gasteiger partial charge is 0.493 e. The topological polar surface area (TPSA) is 44.5 Å². The lowest BCUT2D eigenvalue weighted by atomic mass is 9.70. The lowest BCUT2D eigenvalue weighted by molar-refractivity contribution is 0.243. The molecule has 2 rings (SSSR count). The van der Waals surface area contributed by atoms with Gasteiger partial charge in [-0.3, -0.25) is 0 Å². The van der Waals surface area contributed by atoms with Gasteiger partial charge < -0.3 is 15.2 Å². The fourth-order valence-corrected chi connectivity index (χ4v) is 2.48. The van der Waals surface area contributed by atoms with Gasteiger partial charge in [0.15, 0.2) is 11.5 Å². The van der Waals surface area contributed by atoms with Crippen molar-refractivity contribution in [3.8, 4) is 11.5 Å². The molecule has 1 atom stereocenters. The van der Waals surface area contributed by atoms with Crippen LogP contribution in [0.4, 0.5) is 4.39 Å². The molecule has 0 aliphatic heterocycles. The van der Waals surface area contributed by atoms with Gasteiger partial charge in [-0.2, -0.15) is 0 Å². The van der Waals surface area contributed by atoms with Crippen LogP contribution >= 0.6 is 0 Å². The number of ether oxygens (including phenoxy) is 2. The van der Waals surface area contributed by atoms with Gasteiger partial charge >= 0.3 is 0 Å². The zero-order valence-electron chi connectivity index (χ0n) is 11.1. The maximum absolute atomic E-state index is 13.8. The third-order valence-electron chi connectivity index (χ3n) is 3.77. The average molecular weight is 253 g/mol. The Kier molecular flexibility index (Phi) is 3.48. The fraction of sp³-hybridized carbons (Fsp3) is 0.571. The molecule has 1 aliphatic carbocycles. The average Bonchev–Trinajstić information content (AvgIpc) is 2.34. The number of nitrogens with two attached hydrogens (primary N) is 1.